The zero-order valence-electron chi connectivity index (χ0n) is 19.9. The van der Waals surface area contributed by atoms with E-state index in [9.17, 15) is 18.0 Å². The molecule has 4 rings (SSSR count). The molecule has 184 valence electrons. The maximum atomic E-state index is 12.9. The van der Waals surface area contributed by atoms with Crippen LogP contribution in [-0.4, -0.2) is 56.5 Å². The van der Waals surface area contributed by atoms with Crippen molar-refractivity contribution in [1.29, 1.82) is 0 Å². The van der Waals surface area contributed by atoms with Crippen molar-refractivity contribution in [2.45, 2.75) is 25.3 Å². The molecule has 1 aromatic heterocycles. The molecule has 2 aromatic carbocycles. The summed E-state index contributed by atoms with van der Waals surface area (Å²) in [6, 6.07) is 13.0. The Morgan fingerprint density at radius 1 is 1.03 bits per heavy atom. The molecule has 0 amide bonds. The minimum absolute atomic E-state index is 0.0321. The monoisotopic (exact) mass is 498 g/mol. The second kappa shape index (κ2) is 9.55. The summed E-state index contributed by atoms with van der Waals surface area (Å²) < 4.78 is 43.7. The van der Waals surface area contributed by atoms with Crippen LogP contribution in [-0.2, 0) is 21.3 Å². The number of esters is 1. The molecule has 1 aliphatic rings. The summed E-state index contributed by atoms with van der Waals surface area (Å²) in [6.45, 7) is 4.02. The average molecular weight is 499 g/mol. The fraction of sp³-hybridized carbons (Fsp3) is 0.280. The third kappa shape index (κ3) is 4.94. The predicted octanol–water partition coefficient (Wildman–Crippen LogP) is 3.17. The lowest BCUT2D eigenvalue weighted by Gasteiger charge is -2.12. The van der Waals surface area contributed by atoms with Crippen LogP contribution < -0.4 is 9.47 Å². The van der Waals surface area contributed by atoms with Crippen molar-refractivity contribution in [3.8, 4) is 11.5 Å². The van der Waals surface area contributed by atoms with Gasteiger partial charge in [0.25, 0.3) is 0 Å². The molecule has 35 heavy (non-hydrogen) atoms. The lowest BCUT2D eigenvalue weighted by molar-refractivity contribution is 0.0474. The van der Waals surface area contributed by atoms with Crippen LogP contribution >= 0.6 is 0 Å². The van der Waals surface area contributed by atoms with Gasteiger partial charge in [0, 0.05) is 37.6 Å². The standard InChI is InChI=1S/C25H26N2O7S/c1-16-10-21(17(2)27(16)13-18-8-9-23-24(11-18)34-15-33-23)22(28)14-32-25(29)19-6-5-7-20(12-19)35(30,31)26(3)4/h5-12H,13-15H2,1-4H3. The van der Waals surface area contributed by atoms with Gasteiger partial charge in [-0.1, -0.05) is 12.1 Å². The highest BCUT2D eigenvalue weighted by Gasteiger charge is 2.21. The first-order valence-electron chi connectivity index (χ1n) is 10.9. The van der Waals surface area contributed by atoms with Crippen LogP contribution in [0.1, 0.15) is 37.7 Å². The number of fused-ring (bicyclic) bond motifs is 1. The Morgan fingerprint density at radius 2 is 1.77 bits per heavy atom. The van der Waals surface area contributed by atoms with Crippen LogP contribution in [0.2, 0.25) is 0 Å². The van der Waals surface area contributed by atoms with Crippen LogP contribution in [0.25, 0.3) is 0 Å². The Hall–Kier alpha value is -3.63. The lowest BCUT2D eigenvalue weighted by Crippen LogP contribution is -2.22. The zero-order valence-corrected chi connectivity index (χ0v) is 20.7. The van der Waals surface area contributed by atoms with Gasteiger partial charge >= 0.3 is 5.97 Å². The zero-order chi connectivity index (χ0) is 25.3. The lowest BCUT2D eigenvalue weighted by atomic mass is 10.1. The highest BCUT2D eigenvalue weighted by atomic mass is 32.2. The second-order valence-electron chi connectivity index (χ2n) is 8.37. The third-order valence-corrected chi connectivity index (χ3v) is 7.65. The molecule has 0 radical (unpaired) electrons. The SMILES string of the molecule is Cc1cc(C(=O)COC(=O)c2cccc(S(=O)(=O)N(C)C)c2)c(C)n1Cc1ccc2c(c1)OCO2. The van der Waals surface area contributed by atoms with Gasteiger partial charge in [-0.3, -0.25) is 4.79 Å². The molecule has 0 atom stereocenters. The largest absolute Gasteiger partial charge is 0.454 e. The maximum Gasteiger partial charge on any atom is 0.338 e. The molecule has 0 bridgehead atoms. The summed E-state index contributed by atoms with van der Waals surface area (Å²) in [6.07, 6.45) is 0. The molecule has 0 aliphatic carbocycles. The minimum atomic E-state index is -3.70. The highest BCUT2D eigenvalue weighted by molar-refractivity contribution is 7.89. The normalized spacial score (nSPS) is 12.7. The number of ketones is 1. The van der Waals surface area contributed by atoms with E-state index in [-0.39, 0.29) is 23.0 Å². The quantitative estimate of drug-likeness (QED) is 0.347. The van der Waals surface area contributed by atoms with Crippen molar-refractivity contribution in [2.75, 3.05) is 27.5 Å². The molecular weight excluding hydrogens is 472 g/mol. The number of Topliss-reactive ketones (excluding diaryl/α,β-unsaturated/α-hetero) is 1. The number of hydrogen-bond acceptors (Lipinski definition) is 7. The first kappa shape index (κ1) is 24.5. The molecule has 10 heteroatoms. The molecular formula is C25H26N2O7S. The van der Waals surface area contributed by atoms with E-state index in [1.807, 2.05) is 36.6 Å². The number of hydrogen-bond donors (Lipinski definition) is 0. The van der Waals surface area contributed by atoms with Gasteiger partial charge in [0.2, 0.25) is 22.6 Å². The van der Waals surface area contributed by atoms with Crippen LogP contribution in [0.4, 0.5) is 0 Å². The van der Waals surface area contributed by atoms with Crippen molar-refractivity contribution in [3.63, 3.8) is 0 Å². The van der Waals surface area contributed by atoms with Gasteiger partial charge in [0.15, 0.2) is 18.1 Å². The predicted molar refractivity (Wildman–Crippen MR) is 128 cm³/mol. The van der Waals surface area contributed by atoms with E-state index in [0.29, 0.717) is 23.6 Å². The van der Waals surface area contributed by atoms with Gasteiger partial charge in [-0.25, -0.2) is 17.5 Å². The number of aryl methyl sites for hydroxylation is 1. The summed E-state index contributed by atoms with van der Waals surface area (Å²) in [5, 5.41) is 0. The van der Waals surface area contributed by atoms with Gasteiger partial charge in [0.05, 0.1) is 10.5 Å². The number of sulfonamides is 1. The summed E-state index contributed by atoms with van der Waals surface area (Å²) in [7, 11) is -0.894. The first-order valence-corrected chi connectivity index (χ1v) is 12.3. The Bertz CT molecular complexity index is 1410. The van der Waals surface area contributed by atoms with E-state index in [4.69, 9.17) is 14.2 Å². The molecule has 2 heterocycles. The highest BCUT2D eigenvalue weighted by Crippen LogP contribution is 2.33. The third-order valence-electron chi connectivity index (χ3n) is 5.83. The van der Waals surface area contributed by atoms with Crippen LogP contribution in [0.3, 0.4) is 0 Å². The number of carbonyl (C=O) groups is 2. The van der Waals surface area contributed by atoms with Crippen molar-refractivity contribution >= 4 is 21.8 Å². The van der Waals surface area contributed by atoms with E-state index in [1.54, 1.807) is 6.07 Å². The van der Waals surface area contributed by atoms with Crippen LogP contribution in [0, 0.1) is 13.8 Å². The number of rotatable bonds is 8. The number of nitrogens with zero attached hydrogens (tertiary/aromatic N) is 2. The number of ether oxygens (including phenoxy) is 3. The summed E-state index contributed by atoms with van der Waals surface area (Å²) in [5.41, 5.74) is 3.14. The van der Waals surface area contributed by atoms with Crippen molar-refractivity contribution in [3.05, 3.63) is 76.6 Å². The smallest absolute Gasteiger partial charge is 0.338 e. The molecule has 0 saturated carbocycles. The van der Waals surface area contributed by atoms with Crippen LogP contribution in [0.5, 0.6) is 11.5 Å². The van der Waals surface area contributed by atoms with Crippen molar-refractivity contribution in [1.82, 2.24) is 8.87 Å². The molecule has 0 unspecified atom stereocenters. The molecule has 0 saturated heterocycles. The van der Waals surface area contributed by atoms with Gasteiger partial charge in [0.1, 0.15) is 0 Å². The summed E-state index contributed by atoms with van der Waals surface area (Å²) in [5.74, 6) is 0.275. The molecule has 0 fully saturated rings. The maximum absolute atomic E-state index is 12.9. The fourth-order valence-electron chi connectivity index (χ4n) is 3.84. The number of benzene rings is 2. The number of carbonyl (C=O) groups excluding carboxylic acids is 2. The molecule has 3 aromatic rings. The second-order valence-corrected chi connectivity index (χ2v) is 10.5. The van der Waals surface area contributed by atoms with E-state index in [2.05, 4.69) is 0 Å². The molecule has 9 nitrogen and oxygen atoms in total. The summed E-state index contributed by atoms with van der Waals surface area (Å²) >= 11 is 0. The Labute approximate surface area is 203 Å². The number of aromatic nitrogens is 1. The van der Waals surface area contributed by atoms with Gasteiger partial charge in [-0.05, 0) is 55.8 Å². The molecule has 0 spiro atoms. The Balaban J connectivity index is 1.45. The van der Waals surface area contributed by atoms with Crippen LogP contribution in [0.15, 0.2) is 53.4 Å². The Morgan fingerprint density at radius 3 is 2.51 bits per heavy atom. The first-order chi connectivity index (χ1) is 16.6. The van der Waals surface area contributed by atoms with Gasteiger partial charge in [-0.2, -0.15) is 0 Å². The Kier molecular flexibility index (Phi) is 6.68. The van der Waals surface area contributed by atoms with E-state index in [0.717, 1.165) is 21.3 Å². The van der Waals surface area contributed by atoms with Crippen molar-refractivity contribution in [2.24, 2.45) is 0 Å². The fourth-order valence-corrected chi connectivity index (χ4v) is 4.78. The molecule has 1 aliphatic heterocycles. The minimum Gasteiger partial charge on any atom is -0.454 e. The van der Waals surface area contributed by atoms with E-state index < -0.39 is 22.6 Å². The van der Waals surface area contributed by atoms with E-state index >= 15 is 0 Å². The van der Waals surface area contributed by atoms with Gasteiger partial charge < -0.3 is 18.8 Å². The van der Waals surface area contributed by atoms with Crippen molar-refractivity contribution < 1.29 is 32.2 Å². The van der Waals surface area contributed by atoms with Gasteiger partial charge in [-0.15, -0.1) is 0 Å². The van der Waals surface area contributed by atoms with E-state index in [1.165, 1.54) is 38.4 Å². The molecule has 0 N–H and O–H groups in total. The average Bonchev–Trinajstić information content (AvgIpc) is 3.41. The topological polar surface area (TPSA) is 104 Å². The summed E-state index contributed by atoms with van der Waals surface area (Å²) in [4.78, 5) is 25.3.